The Labute approximate surface area is 186 Å². The highest BCUT2D eigenvalue weighted by Crippen LogP contribution is 2.39. The zero-order valence-electron chi connectivity index (χ0n) is 21.8. The number of benzene rings is 2. The highest BCUT2D eigenvalue weighted by atomic mass is 32.1. The lowest BCUT2D eigenvalue weighted by atomic mass is 9.97. The van der Waals surface area contributed by atoms with E-state index in [9.17, 15) is 0 Å². The molecule has 0 unspecified atom stereocenters. The molecule has 0 atom stereocenters. The zero-order chi connectivity index (χ0) is 24.6. The van der Waals surface area contributed by atoms with Crippen LogP contribution in [0.15, 0.2) is 47.0 Å². The first kappa shape index (κ1) is 15.1. The van der Waals surface area contributed by atoms with Crippen molar-refractivity contribution in [2.75, 3.05) is 0 Å². The van der Waals surface area contributed by atoms with Crippen LogP contribution in [0.25, 0.3) is 43.4 Å². The lowest BCUT2D eigenvalue weighted by Crippen LogP contribution is -2.09. The molecule has 0 fully saturated rings. The molecule has 0 spiro atoms. The van der Waals surface area contributed by atoms with Crippen LogP contribution in [0.1, 0.15) is 62.1 Å². The molecule has 0 aliphatic rings. The van der Waals surface area contributed by atoms with Gasteiger partial charge in [0.1, 0.15) is 11.2 Å². The molecule has 4 heteroatoms. The fourth-order valence-electron chi connectivity index (χ4n) is 3.76. The van der Waals surface area contributed by atoms with Gasteiger partial charge in [0.25, 0.3) is 0 Å². The molecule has 3 aromatic heterocycles. The molecule has 5 aromatic rings. The Hall–Kier alpha value is -2.72. The van der Waals surface area contributed by atoms with Gasteiger partial charge in [-0.3, -0.25) is 4.98 Å². The Morgan fingerprint density at radius 2 is 1.97 bits per heavy atom. The van der Waals surface area contributed by atoms with Gasteiger partial charge in [0.05, 0.1) is 20.9 Å². The molecule has 30 heavy (non-hydrogen) atoms. The van der Waals surface area contributed by atoms with Crippen LogP contribution >= 0.6 is 11.3 Å². The van der Waals surface area contributed by atoms with Crippen LogP contribution in [0.4, 0.5) is 0 Å². The van der Waals surface area contributed by atoms with Crippen molar-refractivity contribution in [3.05, 3.63) is 58.7 Å². The van der Waals surface area contributed by atoms with Crippen molar-refractivity contribution in [1.82, 2.24) is 9.97 Å². The number of hydrogen-bond donors (Lipinski definition) is 0. The number of fused-ring (bicyclic) bond motifs is 4. The normalized spacial score (nSPS) is 15.4. The quantitative estimate of drug-likeness (QED) is 0.291. The van der Waals surface area contributed by atoms with E-state index in [0.29, 0.717) is 16.8 Å². The number of rotatable bonds is 2. The molecule has 0 saturated heterocycles. The van der Waals surface area contributed by atoms with Crippen molar-refractivity contribution in [2.24, 2.45) is 0 Å². The smallest absolute Gasteiger partial charge is 0.144 e. The second-order valence-corrected chi connectivity index (χ2v) is 10.0. The third kappa shape index (κ3) is 3.02. The predicted molar refractivity (Wildman–Crippen MR) is 128 cm³/mol. The average molecular weight is 419 g/mol. The topological polar surface area (TPSA) is 38.9 Å². The van der Waals surface area contributed by atoms with E-state index in [4.69, 9.17) is 14.9 Å². The van der Waals surface area contributed by atoms with Gasteiger partial charge in [0, 0.05) is 39.5 Å². The number of nitrogens with zero attached hydrogens (tertiary/aromatic N) is 2. The van der Waals surface area contributed by atoms with Crippen LogP contribution in [0.5, 0.6) is 0 Å². The van der Waals surface area contributed by atoms with E-state index in [-0.39, 0.29) is 11.0 Å². The molecular formula is C26H26N2OS. The van der Waals surface area contributed by atoms with E-state index in [1.807, 2.05) is 24.3 Å². The molecule has 0 radical (unpaired) electrons. The second-order valence-electron chi connectivity index (χ2n) is 8.98. The van der Waals surface area contributed by atoms with Crippen LogP contribution < -0.4 is 0 Å². The van der Waals surface area contributed by atoms with E-state index in [0.717, 1.165) is 37.1 Å². The highest BCUT2D eigenvalue weighted by Gasteiger charge is 2.21. The minimum Gasteiger partial charge on any atom is -0.455 e. The van der Waals surface area contributed by atoms with Gasteiger partial charge in [-0.1, -0.05) is 46.8 Å². The summed E-state index contributed by atoms with van der Waals surface area (Å²) in [5.74, 6) is -1.09. The molecule has 3 nitrogen and oxygen atoms in total. The van der Waals surface area contributed by atoms with E-state index in [1.165, 1.54) is 6.20 Å². The van der Waals surface area contributed by atoms with Gasteiger partial charge in [-0.05, 0) is 42.1 Å². The summed E-state index contributed by atoms with van der Waals surface area (Å²) >= 11 is 1.70. The van der Waals surface area contributed by atoms with Crippen molar-refractivity contribution in [3.63, 3.8) is 0 Å². The molecule has 152 valence electrons. The maximum Gasteiger partial charge on any atom is 0.144 e. The fourth-order valence-corrected chi connectivity index (χ4v) is 4.80. The SMILES string of the molecule is [2H]C([2H])([2H])c1cnc(-c2cccc3c2oc2cc4nc(C(C)(C)C)sc4cc23)cc1C([2H])(C)C. The molecular weight excluding hydrogens is 388 g/mol. The largest absolute Gasteiger partial charge is 0.455 e. The summed E-state index contributed by atoms with van der Waals surface area (Å²) in [5.41, 5.74) is 4.23. The Kier molecular flexibility index (Phi) is 3.35. The van der Waals surface area contributed by atoms with Gasteiger partial charge in [-0.2, -0.15) is 0 Å². The van der Waals surface area contributed by atoms with Crippen molar-refractivity contribution in [1.29, 1.82) is 0 Å². The zero-order valence-corrected chi connectivity index (χ0v) is 18.6. The molecule has 0 aliphatic carbocycles. The monoisotopic (exact) mass is 418 g/mol. The van der Waals surface area contributed by atoms with E-state index in [1.54, 1.807) is 31.3 Å². The van der Waals surface area contributed by atoms with E-state index < -0.39 is 12.7 Å². The third-order valence-corrected chi connectivity index (χ3v) is 6.81. The van der Waals surface area contributed by atoms with Gasteiger partial charge in [0.15, 0.2) is 0 Å². The van der Waals surface area contributed by atoms with Crippen LogP contribution in [0.3, 0.4) is 0 Å². The van der Waals surface area contributed by atoms with Gasteiger partial charge in [-0.25, -0.2) is 4.98 Å². The highest BCUT2D eigenvalue weighted by molar-refractivity contribution is 7.18. The number of aromatic nitrogens is 2. The Morgan fingerprint density at radius 3 is 2.70 bits per heavy atom. The van der Waals surface area contributed by atoms with Crippen LogP contribution in [-0.2, 0) is 5.41 Å². The minimum atomic E-state index is -2.34. The van der Waals surface area contributed by atoms with E-state index in [2.05, 4.69) is 31.8 Å². The van der Waals surface area contributed by atoms with Crippen LogP contribution in [-0.4, -0.2) is 9.97 Å². The van der Waals surface area contributed by atoms with Gasteiger partial charge < -0.3 is 4.42 Å². The second kappa shape index (κ2) is 6.64. The summed E-state index contributed by atoms with van der Waals surface area (Å²) in [6.45, 7) is 7.52. The number of thiazole rings is 1. The summed E-state index contributed by atoms with van der Waals surface area (Å²) in [6, 6.07) is 11.7. The lowest BCUT2D eigenvalue weighted by molar-refractivity contribution is 0.587. The van der Waals surface area contributed by atoms with Crippen molar-refractivity contribution < 1.29 is 9.90 Å². The maximum atomic E-state index is 8.52. The molecule has 0 N–H and O–H groups in total. The van der Waals surface area contributed by atoms with Crippen molar-refractivity contribution in [3.8, 4) is 11.3 Å². The molecule has 0 aliphatic heterocycles. The lowest BCUT2D eigenvalue weighted by Gasteiger charge is -2.13. The molecule has 2 aromatic carbocycles. The van der Waals surface area contributed by atoms with Crippen molar-refractivity contribution in [2.45, 2.75) is 52.8 Å². The predicted octanol–water partition coefficient (Wildman–Crippen LogP) is 7.99. The van der Waals surface area contributed by atoms with Crippen LogP contribution in [0.2, 0.25) is 0 Å². The first-order valence-electron chi connectivity index (χ1n) is 12.0. The number of furan rings is 1. The van der Waals surface area contributed by atoms with Crippen LogP contribution in [0, 0.1) is 6.85 Å². The van der Waals surface area contributed by atoms with E-state index >= 15 is 0 Å². The molecule has 0 amide bonds. The molecule has 5 rings (SSSR count). The number of aryl methyl sites for hydroxylation is 1. The number of hydrogen-bond acceptors (Lipinski definition) is 4. The van der Waals surface area contributed by atoms with Gasteiger partial charge >= 0.3 is 0 Å². The number of para-hydroxylation sites is 1. The summed E-state index contributed by atoms with van der Waals surface area (Å²) in [5, 5.41) is 3.06. The summed E-state index contributed by atoms with van der Waals surface area (Å²) in [6.07, 6.45) is 1.38. The Bertz CT molecular complexity index is 1570. The van der Waals surface area contributed by atoms with Gasteiger partial charge in [0.2, 0.25) is 0 Å². The Morgan fingerprint density at radius 1 is 1.13 bits per heavy atom. The standard InChI is InChI=1S/C26H26N2OS/c1-14(2)18-10-20(27-13-15(18)3)17-9-7-8-16-19-11-23-21(12-22(19)29-24(16)17)28-25(30-23)26(4,5)6/h7-14H,1-6H3/i3D3,14D. The third-order valence-electron chi connectivity index (χ3n) is 5.37. The molecule has 0 bridgehead atoms. The summed E-state index contributed by atoms with van der Waals surface area (Å²) in [4.78, 5) is 9.31. The molecule has 3 heterocycles. The fraction of sp³-hybridized carbons (Fsp3) is 0.308. The van der Waals surface area contributed by atoms with Crippen molar-refractivity contribution >= 4 is 43.5 Å². The number of pyridine rings is 1. The first-order chi connectivity index (χ1) is 15.7. The van der Waals surface area contributed by atoms with Gasteiger partial charge in [-0.15, -0.1) is 11.3 Å². The molecule has 0 saturated carbocycles. The summed E-state index contributed by atoms with van der Waals surface area (Å²) in [7, 11) is 0. The first-order valence-corrected chi connectivity index (χ1v) is 10.8. The minimum absolute atomic E-state index is 0.0179. The Balaban J connectivity index is 1.73. The summed E-state index contributed by atoms with van der Waals surface area (Å²) < 4.78 is 39.6. The maximum absolute atomic E-state index is 8.52. The average Bonchev–Trinajstić information content (AvgIpc) is 3.30.